The molecule has 0 saturated heterocycles. The molecule has 0 unspecified atom stereocenters. The Labute approximate surface area is 156 Å². The zero-order chi connectivity index (χ0) is 19.7. The molecular weight excluding hydrogens is 371 g/mol. The minimum absolute atomic E-state index is 0.000754. The topological polar surface area (TPSA) is 68.0 Å². The molecule has 4 aromatic rings. The molecule has 5 nitrogen and oxygen atoms in total. The van der Waals surface area contributed by atoms with Crippen molar-refractivity contribution in [3.63, 3.8) is 0 Å². The third-order valence-electron chi connectivity index (χ3n) is 4.00. The highest BCUT2D eigenvalue weighted by molar-refractivity contribution is 6.10. The second-order valence-corrected chi connectivity index (χ2v) is 5.92. The van der Waals surface area contributed by atoms with E-state index < -0.39 is 17.6 Å². The Balaban J connectivity index is 1.73. The maximum Gasteiger partial charge on any atom is 0.416 e. The summed E-state index contributed by atoms with van der Waals surface area (Å²) in [4.78, 5) is 20.8. The Morgan fingerprint density at radius 2 is 1.82 bits per heavy atom. The number of benzene rings is 2. The van der Waals surface area contributed by atoms with Crippen molar-refractivity contribution in [3.8, 4) is 11.5 Å². The molecule has 0 radical (unpaired) electrons. The molecule has 0 aliphatic rings. The van der Waals surface area contributed by atoms with Gasteiger partial charge >= 0.3 is 6.18 Å². The van der Waals surface area contributed by atoms with Crippen molar-refractivity contribution in [1.82, 2.24) is 9.97 Å². The van der Waals surface area contributed by atoms with E-state index in [9.17, 15) is 18.0 Å². The molecule has 2 aromatic heterocycles. The van der Waals surface area contributed by atoms with E-state index in [-0.39, 0.29) is 22.6 Å². The molecule has 0 bridgehead atoms. The quantitative estimate of drug-likeness (QED) is 0.531. The fraction of sp³-hybridized carbons (Fsp3) is 0.0500. The lowest BCUT2D eigenvalue weighted by Crippen LogP contribution is -2.12. The van der Waals surface area contributed by atoms with Crippen LogP contribution in [0.3, 0.4) is 0 Å². The molecule has 2 heterocycles. The lowest BCUT2D eigenvalue weighted by molar-refractivity contribution is -0.137. The van der Waals surface area contributed by atoms with E-state index in [2.05, 4.69) is 15.3 Å². The number of amides is 1. The zero-order valence-electron chi connectivity index (χ0n) is 14.2. The van der Waals surface area contributed by atoms with Gasteiger partial charge in [-0.25, -0.2) is 9.97 Å². The van der Waals surface area contributed by atoms with Crippen LogP contribution in [0.25, 0.3) is 22.6 Å². The number of anilines is 1. The van der Waals surface area contributed by atoms with Gasteiger partial charge in [0.05, 0.1) is 11.1 Å². The van der Waals surface area contributed by atoms with Gasteiger partial charge in [-0.1, -0.05) is 18.2 Å². The summed E-state index contributed by atoms with van der Waals surface area (Å²) in [6.45, 7) is 0. The number of aromatic nitrogens is 2. The highest BCUT2D eigenvalue weighted by Crippen LogP contribution is 2.33. The molecule has 8 heteroatoms. The molecule has 0 aliphatic heterocycles. The fourth-order valence-corrected chi connectivity index (χ4v) is 2.70. The van der Waals surface area contributed by atoms with Crippen LogP contribution in [0.15, 0.2) is 71.3 Å². The molecular formula is C20H12F3N3O2. The largest absolute Gasteiger partial charge is 0.435 e. The summed E-state index contributed by atoms with van der Waals surface area (Å²) in [6.07, 6.45) is -2.94. The van der Waals surface area contributed by atoms with Gasteiger partial charge < -0.3 is 9.73 Å². The van der Waals surface area contributed by atoms with E-state index in [1.54, 1.807) is 36.4 Å². The number of nitrogens with zero attached hydrogens (tertiary/aromatic N) is 2. The molecule has 1 N–H and O–H groups in total. The Morgan fingerprint density at radius 3 is 2.57 bits per heavy atom. The van der Waals surface area contributed by atoms with Crippen LogP contribution < -0.4 is 5.32 Å². The number of para-hydroxylation sites is 1. The lowest BCUT2D eigenvalue weighted by Gasteiger charge is -2.06. The molecule has 0 saturated carbocycles. The van der Waals surface area contributed by atoms with Crippen LogP contribution in [0.5, 0.6) is 0 Å². The van der Waals surface area contributed by atoms with Gasteiger partial charge in [-0.15, -0.1) is 0 Å². The fourth-order valence-electron chi connectivity index (χ4n) is 2.70. The van der Waals surface area contributed by atoms with E-state index in [1.165, 1.54) is 18.3 Å². The van der Waals surface area contributed by atoms with Crippen molar-refractivity contribution in [2.75, 3.05) is 5.32 Å². The molecule has 140 valence electrons. The molecule has 0 fully saturated rings. The van der Waals surface area contributed by atoms with Crippen molar-refractivity contribution in [2.24, 2.45) is 0 Å². The second kappa shape index (κ2) is 6.80. The monoisotopic (exact) mass is 383 g/mol. The summed E-state index contributed by atoms with van der Waals surface area (Å²) in [6, 6.07) is 14.5. The predicted molar refractivity (Wildman–Crippen MR) is 96.6 cm³/mol. The van der Waals surface area contributed by atoms with Crippen LogP contribution in [-0.2, 0) is 6.18 Å². The van der Waals surface area contributed by atoms with Crippen LogP contribution in [-0.4, -0.2) is 15.9 Å². The number of nitrogens with one attached hydrogen (secondary N) is 1. The molecule has 0 aliphatic carbocycles. The highest BCUT2D eigenvalue weighted by Gasteiger charge is 2.31. The van der Waals surface area contributed by atoms with Crippen LogP contribution >= 0.6 is 0 Å². The third kappa shape index (κ3) is 3.44. The smallest absolute Gasteiger partial charge is 0.416 e. The highest BCUT2D eigenvalue weighted by atomic mass is 19.4. The number of hydrogen-bond acceptors (Lipinski definition) is 4. The van der Waals surface area contributed by atoms with Gasteiger partial charge in [0.15, 0.2) is 5.58 Å². The van der Waals surface area contributed by atoms with Gasteiger partial charge in [0.1, 0.15) is 11.3 Å². The van der Waals surface area contributed by atoms with E-state index in [1.807, 2.05) is 0 Å². The second-order valence-electron chi connectivity index (χ2n) is 5.92. The molecule has 28 heavy (non-hydrogen) atoms. The van der Waals surface area contributed by atoms with Crippen molar-refractivity contribution < 1.29 is 22.4 Å². The predicted octanol–water partition coefficient (Wildman–Crippen LogP) is 5.16. The maximum absolute atomic E-state index is 13.0. The third-order valence-corrected chi connectivity index (χ3v) is 4.00. The number of hydrogen-bond donors (Lipinski definition) is 1. The van der Waals surface area contributed by atoms with Crippen LogP contribution in [0.1, 0.15) is 15.9 Å². The van der Waals surface area contributed by atoms with Gasteiger partial charge in [-0.2, -0.15) is 13.2 Å². The minimum atomic E-state index is -4.48. The SMILES string of the molecule is O=C(Nc1ccccn1)c1cccc2nc(-c3cccc(C(F)(F)F)c3)oc12. The van der Waals surface area contributed by atoms with E-state index in [0.29, 0.717) is 11.3 Å². The first-order valence-electron chi connectivity index (χ1n) is 8.21. The molecule has 1 amide bonds. The number of rotatable bonds is 3. The van der Waals surface area contributed by atoms with Gasteiger partial charge in [-0.3, -0.25) is 4.79 Å². The average Bonchev–Trinajstić information content (AvgIpc) is 3.12. The van der Waals surface area contributed by atoms with Gasteiger partial charge in [0.2, 0.25) is 5.89 Å². The molecule has 0 spiro atoms. The number of carbonyl (C=O) groups excluding carboxylic acids is 1. The van der Waals surface area contributed by atoms with Crippen molar-refractivity contribution in [2.45, 2.75) is 6.18 Å². The maximum atomic E-state index is 13.0. The van der Waals surface area contributed by atoms with E-state index >= 15 is 0 Å². The number of fused-ring (bicyclic) bond motifs is 1. The first kappa shape index (κ1) is 17.7. The Morgan fingerprint density at radius 1 is 1.00 bits per heavy atom. The summed E-state index contributed by atoms with van der Waals surface area (Å²) in [7, 11) is 0. The van der Waals surface area contributed by atoms with Crippen molar-refractivity contribution >= 4 is 22.8 Å². The van der Waals surface area contributed by atoms with Gasteiger partial charge in [0.25, 0.3) is 5.91 Å². The average molecular weight is 383 g/mol. The van der Waals surface area contributed by atoms with Crippen molar-refractivity contribution in [3.05, 3.63) is 78.0 Å². The normalized spacial score (nSPS) is 11.5. The number of pyridine rings is 1. The minimum Gasteiger partial charge on any atom is -0.435 e. The number of halogens is 3. The van der Waals surface area contributed by atoms with E-state index in [4.69, 9.17) is 4.42 Å². The Kier molecular flexibility index (Phi) is 4.31. The van der Waals surface area contributed by atoms with Gasteiger partial charge in [0, 0.05) is 11.8 Å². The number of carbonyl (C=O) groups is 1. The van der Waals surface area contributed by atoms with Crippen molar-refractivity contribution in [1.29, 1.82) is 0 Å². The molecule has 4 rings (SSSR count). The standard InChI is InChI=1S/C20H12F3N3O2/c21-20(22,23)13-6-3-5-12(11-13)19-25-15-8-4-7-14(17(15)28-19)18(27)26-16-9-1-2-10-24-16/h1-11H,(H,24,26,27). The van der Waals surface area contributed by atoms with E-state index in [0.717, 1.165) is 12.1 Å². The van der Waals surface area contributed by atoms with Crippen LogP contribution in [0.4, 0.5) is 19.0 Å². The van der Waals surface area contributed by atoms with Crippen LogP contribution in [0, 0.1) is 0 Å². The zero-order valence-corrected chi connectivity index (χ0v) is 14.2. The van der Waals surface area contributed by atoms with Gasteiger partial charge in [-0.05, 0) is 42.5 Å². The summed E-state index contributed by atoms with van der Waals surface area (Å²) < 4.78 is 44.5. The first-order valence-corrected chi connectivity index (χ1v) is 8.21. The Hall–Kier alpha value is -3.68. The summed E-state index contributed by atoms with van der Waals surface area (Å²) >= 11 is 0. The first-order chi connectivity index (χ1) is 13.4. The molecule has 2 aromatic carbocycles. The number of alkyl halides is 3. The van der Waals surface area contributed by atoms with Crippen LogP contribution in [0.2, 0.25) is 0 Å². The summed E-state index contributed by atoms with van der Waals surface area (Å²) in [5.74, 6) is -0.0997. The number of oxazole rings is 1. The summed E-state index contributed by atoms with van der Waals surface area (Å²) in [5, 5.41) is 2.64. The Bertz CT molecular complexity index is 1150. The lowest BCUT2D eigenvalue weighted by atomic mass is 10.1. The summed E-state index contributed by atoms with van der Waals surface area (Å²) in [5.41, 5.74) is 0.112. The molecule has 0 atom stereocenters.